The molecule has 2 N–H and O–H groups in total. The first-order valence-electron chi connectivity index (χ1n) is 7.02. The highest BCUT2D eigenvalue weighted by Gasteiger charge is 2.54. The molecule has 0 saturated heterocycles. The number of hydrogen-bond acceptors (Lipinski definition) is 3. The van der Waals surface area contributed by atoms with Gasteiger partial charge in [-0.15, -0.1) is 0 Å². The second-order valence-corrected chi connectivity index (χ2v) is 5.24. The predicted molar refractivity (Wildman–Crippen MR) is 82.2 cm³/mol. The topological polar surface area (TPSA) is 72.6 Å². The van der Waals surface area contributed by atoms with Crippen LogP contribution < -0.4 is 10.6 Å². The number of amides is 2. The van der Waals surface area contributed by atoms with Crippen LogP contribution in [0, 0.1) is 5.82 Å². The third-order valence-corrected chi connectivity index (χ3v) is 3.98. The SMILES string of the molecule is CO[C@]1(c2ccccc2)C(=O)N(CC(N)=O)c2cccc(F)c21. The minimum atomic E-state index is -1.63. The summed E-state index contributed by atoms with van der Waals surface area (Å²) in [6, 6.07) is 12.9. The Labute approximate surface area is 132 Å². The number of benzene rings is 2. The van der Waals surface area contributed by atoms with Crippen LogP contribution in [-0.4, -0.2) is 25.5 Å². The molecule has 0 aliphatic carbocycles. The molecule has 0 fully saturated rings. The molecule has 6 heteroatoms. The van der Waals surface area contributed by atoms with Gasteiger partial charge in [-0.3, -0.25) is 14.5 Å². The molecule has 5 nitrogen and oxygen atoms in total. The van der Waals surface area contributed by atoms with Gasteiger partial charge in [-0.2, -0.15) is 0 Å². The summed E-state index contributed by atoms with van der Waals surface area (Å²) in [5, 5.41) is 0. The van der Waals surface area contributed by atoms with Crippen molar-refractivity contribution in [3.8, 4) is 0 Å². The van der Waals surface area contributed by atoms with E-state index >= 15 is 0 Å². The molecule has 23 heavy (non-hydrogen) atoms. The number of anilines is 1. The second-order valence-electron chi connectivity index (χ2n) is 5.24. The molecule has 0 radical (unpaired) electrons. The molecule has 0 unspecified atom stereocenters. The van der Waals surface area contributed by atoms with E-state index in [2.05, 4.69) is 0 Å². The van der Waals surface area contributed by atoms with Crippen molar-refractivity contribution in [2.45, 2.75) is 5.60 Å². The molecular weight excluding hydrogens is 299 g/mol. The quantitative estimate of drug-likeness (QED) is 0.930. The van der Waals surface area contributed by atoms with E-state index in [-0.39, 0.29) is 12.1 Å². The van der Waals surface area contributed by atoms with Crippen molar-refractivity contribution in [2.24, 2.45) is 5.73 Å². The molecule has 1 heterocycles. The van der Waals surface area contributed by atoms with Gasteiger partial charge in [0.25, 0.3) is 5.91 Å². The van der Waals surface area contributed by atoms with Gasteiger partial charge in [0.15, 0.2) is 0 Å². The van der Waals surface area contributed by atoms with Crippen LogP contribution in [0.5, 0.6) is 0 Å². The Morgan fingerprint density at radius 1 is 1.22 bits per heavy atom. The molecule has 3 rings (SSSR count). The van der Waals surface area contributed by atoms with E-state index < -0.39 is 23.2 Å². The van der Waals surface area contributed by atoms with Gasteiger partial charge < -0.3 is 10.5 Å². The Bertz CT molecular complexity index is 779. The molecule has 2 amide bonds. The first-order chi connectivity index (χ1) is 11.0. The minimum Gasteiger partial charge on any atom is -0.368 e. The highest BCUT2D eigenvalue weighted by molar-refractivity contribution is 6.11. The molecule has 118 valence electrons. The molecule has 2 aromatic carbocycles. The van der Waals surface area contributed by atoms with Crippen LogP contribution in [0.1, 0.15) is 11.1 Å². The van der Waals surface area contributed by atoms with Crippen molar-refractivity contribution in [1.82, 2.24) is 0 Å². The third-order valence-electron chi connectivity index (χ3n) is 3.98. The zero-order chi connectivity index (χ0) is 16.6. The zero-order valence-corrected chi connectivity index (χ0v) is 12.5. The van der Waals surface area contributed by atoms with E-state index in [1.807, 2.05) is 0 Å². The molecule has 1 atom stereocenters. The van der Waals surface area contributed by atoms with Crippen molar-refractivity contribution < 1.29 is 18.7 Å². The average Bonchev–Trinajstić information content (AvgIpc) is 2.79. The highest BCUT2D eigenvalue weighted by Crippen LogP contribution is 2.47. The molecule has 0 saturated carbocycles. The summed E-state index contributed by atoms with van der Waals surface area (Å²) in [6.45, 7) is -0.340. The summed E-state index contributed by atoms with van der Waals surface area (Å²) in [4.78, 5) is 25.5. The lowest BCUT2D eigenvalue weighted by atomic mass is 9.87. The Morgan fingerprint density at radius 2 is 1.91 bits per heavy atom. The summed E-state index contributed by atoms with van der Waals surface area (Å²) in [7, 11) is 1.34. The number of hydrogen-bond donors (Lipinski definition) is 1. The Balaban J connectivity index is 2.30. The van der Waals surface area contributed by atoms with E-state index in [0.29, 0.717) is 11.3 Å². The van der Waals surface area contributed by atoms with E-state index in [1.54, 1.807) is 36.4 Å². The van der Waals surface area contributed by atoms with Crippen molar-refractivity contribution in [3.05, 3.63) is 65.5 Å². The number of primary amides is 1. The number of carbonyl (C=O) groups excluding carboxylic acids is 2. The van der Waals surface area contributed by atoms with Crippen LogP contribution in [0.25, 0.3) is 0 Å². The number of rotatable bonds is 4. The second kappa shape index (κ2) is 5.48. The summed E-state index contributed by atoms with van der Waals surface area (Å²) >= 11 is 0. The van der Waals surface area contributed by atoms with Gasteiger partial charge in [0.2, 0.25) is 11.5 Å². The number of ether oxygens (including phenoxy) is 1. The lowest BCUT2D eigenvalue weighted by Crippen LogP contribution is -2.45. The fraction of sp³-hybridized carbons (Fsp3) is 0.176. The van der Waals surface area contributed by atoms with Gasteiger partial charge in [-0.25, -0.2) is 4.39 Å². The number of fused-ring (bicyclic) bond motifs is 1. The molecule has 0 spiro atoms. The lowest BCUT2D eigenvalue weighted by Gasteiger charge is -2.27. The fourth-order valence-corrected chi connectivity index (χ4v) is 3.05. The maximum absolute atomic E-state index is 14.6. The van der Waals surface area contributed by atoms with Crippen LogP contribution in [0.2, 0.25) is 0 Å². The molecule has 0 bridgehead atoms. The van der Waals surface area contributed by atoms with E-state index in [9.17, 15) is 14.0 Å². The summed E-state index contributed by atoms with van der Waals surface area (Å²) in [5.41, 5.74) is 4.48. The zero-order valence-electron chi connectivity index (χ0n) is 12.5. The van der Waals surface area contributed by atoms with Gasteiger partial charge in [-0.05, 0) is 17.7 Å². The summed E-state index contributed by atoms with van der Waals surface area (Å²) in [6.07, 6.45) is 0. The van der Waals surface area contributed by atoms with Gasteiger partial charge >= 0.3 is 0 Å². The minimum absolute atomic E-state index is 0.0972. The van der Waals surface area contributed by atoms with E-state index in [1.165, 1.54) is 19.2 Å². The maximum atomic E-state index is 14.6. The van der Waals surface area contributed by atoms with E-state index in [4.69, 9.17) is 10.5 Å². The third kappa shape index (κ3) is 2.10. The maximum Gasteiger partial charge on any atom is 0.269 e. The molecule has 2 aromatic rings. The van der Waals surface area contributed by atoms with Crippen LogP contribution in [0.15, 0.2) is 48.5 Å². The van der Waals surface area contributed by atoms with Crippen molar-refractivity contribution in [1.29, 1.82) is 0 Å². The van der Waals surface area contributed by atoms with Crippen LogP contribution in [0.3, 0.4) is 0 Å². The lowest BCUT2D eigenvalue weighted by molar-refractivity contribution is -0.136. The Morgan fingerprint density at radius 3 is 2.52 bits per heavy atom. The van der Waals surface area contributed by atoms with Crippen molar-refractivity contribution in [3.63, 3.8) is 0 Å². The largest absolute Gasteiger partial charge is 0.368 e. The van der Waals surface area contributed by atoms with Crippen molar-refractivity contribution in [2.75, 3.05) is 18.6 Å². The number of halogens is 1. The smallest absolute Gasteiger partial charge is 0.269 e. The molecule has 0 aromatic heterocycles. The van der Waals surface area contributed by atoms with Gasteiger partial charge in [-0.1, -0.05) is 36.4 Å². The standard InChI is InChI=1S/C17H15FN2O3/c1-23-17(11-6-3-2-4-7-11)15-12(18)8-5-9-13(15)20(16(17)22)10-14(19)21/h2-9H,10H2,1H3,(H2,19,21)/t17-/m0/s1. The normalized spacial score (nSPS) is 19.7. The fourth-order valence-electron chi connectivity index (χ4n) is 3.05. The van der Waals surface area contributed by atoms with Crippen LogP contribution >= 0.6 is 0 Å². The predicted octanol–water partition coefficient (Wildman–Crippen LogP) is 1.55. The van der Waals surface area contributed by atoms with Gasteiger partial charge in [0.05, 0.1) is 11.3 Å². The van der Waals surface area contributed by atoms with Crippen LogP contribution in [-0.2, 0) is 19.9 Å². The monoisotopic (exact) mass is 314 g/mol. The number of carbonyl (C=O) groups is 2. The van der Waals surface area contributed by atoms with Gasteiger partial charge in [0, 0.05) is 7.11 Å². The summed E-state index contributed by atoms with van der Waals surface area (Å²) < 4.78 is 20.1. The van der Waals surface area contributed by atoms with E-state index in [0.717, 1.165) is 4.90 Å². The first-order valence-corrected chi connectivity index (χ1v) is 7.02. The van der Waals surface area contributed by atoms with Gasteiger partial charge in [0.1, 0.15) is 12.4 Å². The first kappa shape index (κ1) is 15.2. The van der Waals surface area contributed by atoms with Crippen molar-refractivity contribution >= 4 is 17.5 Å². The highest BCUT2D eigenvalue weighted by atomic mass is 19.1. The average molecular weight is 314 g/mol. The Hall–Kier alpha value is -2.73. The molecule has 1 aliphatic heterocycles. The number of nitrogens with two attached hydrogens (primary N) is 1. The summed E-state index contributed by atoms with van der Waals surface area (Å²) in [5.74, 6) is -1.80. The molecule has 1 aliphatic rings. The number of methoxy groups -OCH3 is 1. The Kier molecular flexibility index (Phi) is 3.61. The van der Waals surface area contributed by atoms with Crippen LogP contribution in [0.4, 0.5) is 10.1 Å². The molecular formula is C17H15FN2O3. The number of nitrogens with zero attached hydrogens (tertiary/aromatic N) is 1.